The predicted octanol–water partition coefficient (Wildman–Crippen LogP) is 6.07. The number of nitrogens with two attached hydrogens (primary N) is 1. The summed E-state index contributed by atoms with van der Waals surface area (Å²) in [6.07, 6.45) is 12.2. The van der Waals surface area contributed by atoms with Crippen molar-refractivity contribution in [3.8, 4) is 0 Å². The molecule has 132 valence electrons. The molecule has 0 saturated heterocycles. The van der Waals surface area contributed by atoms with Gasteiger partial charge in [0.1, 0.15) is 0 Å². The standard InChI is InChI=1S/C23H29NO/c1-2-3-4-5-6-8-13-21-18-19(14-16-22(21)24)15-17-23(25)20-11-9-7-10-12-20/h7,9-12,14-18H,2-6,8,13,24H2,1H3. The highest BCUT2D eigenvalue weighted by Gasteiger charge is 2.02. The number of benzene rings is 2. The van der Waals surface area contributed by atoms with Crippen molar-refractivity contribution in [1.82, 2.24) is 0 Å². The van der Waals surface area contributed by atoms with Gasteiger partial charge in [0.2, 0.25) is 0 Å². The molecule has 0 bridgehead atoms. The van der Waals surface area contributed by atoms with Gasteiger partial charge < -0.3 is 5.73 Å². The van der Waals surface area contributed by atoms with Gasteiger partial charge in [-0.2, -0.15) is 0 Å². The van der Waals surface area contributed by atoms with E-state index in [0.717, 1.165) is 17.7 Å². The Labute approximate surface area is 151 Å². The maximum absolute atomic E-state index is 12.2. The van der Waals surface area contributed by atoms with Crippen LogP contribution in [0.4, 0.5) is 5.69 Å². The summed E-state index contributed by atoms with van der Waals surface area (Å²) >= 11 is 0. The molecule has 2 aromatic carbocycles. The van der Waals surface area contributed by atoms with E-state index in [1.807, 2.05) is 48.5 Å². The molecule has 0 saturated carbocycles. The van der Waals surface area contributed by atoms with E-state index in [1.165, 1.54) is 44.1 Å². The summed E-state index contributed by atoms with van der Waals surface area (Å²) in [6, 6.07) is 15.4. The van der Waals surface area contributed by atoms with Gasteiger partial charge in [0.05, 0.1) is 0 Å². The van der Waals surface area contributed by atoms with Crippen LogP contribution in [-0.4, -0.2) is 5.78 Å². The van der Waals surface area contributed by atoms with Crippen molar-refractivity contribution in [1.29, 1.82) is 0 Å². The Bertz CT molecular complexity index is 688. The van der Waals surface area contributed by atoms with E-state index in [4.69, 9.17) is 5.73 Å². The topological polar surface area (TPSA) is 43.1 Å². The van der Waals surface area contributed by atoms with Crippen molar-refractivity contribution >= 4 is 17.5 Å². The average Bonchev–Trinajstić information content (AvgIpc) is 2.65. The molecule has 2 N–H and O–H groups in total. The number of hydrogen-bond donors (Lipinski definition) is 1. The van der Waals surface area contributed by atoms with E-state index in [0.29, 0.717) is 5.56 Å². The van der Waals surface area contributed by atoms with Crippen molar-refractivity contribution in [3.05, 3.63) is 71.3 Å². The molecule has 2 rings (SSSR count). The third-order valence-corrected chi connectivity index (χ3v) is 4.45. The first-order chi connectivity index (χ1) is 12.2. The molecular formula is C23H29NO. The molecule has 0 aliphatic rings. The van der Waals surface area contributed by atoms with E-state index in [2.05, 4.69) is 13.0 Å². The first-order valence-corrected chi connectivity index (χ1v) is 9.36. The maximum atomic E-state index is 12.2. The smallest absolute Gasteiger partial charge is 0.185 e. The van der Waals surface area contributed by atoms with Gasteiger partial charge in [-0.3, -0.25) is 4.79 Å². The first kappa shape index (κ1) is 19.0. The van der Waals surface area contributed by atoms with E-state index in [9.17, 15) is 4.79 Å². The van der Waals surface area contributed by atoms with Crippen LogP contribution in [0.3, 0.4) is 0 Å². The Balaban J connectivity index is 1.91. The first-order valence-electron chi connectivity index (χ1n) is 9.36. The monoisotopic (exact) mass is 335 g/mol. The number of ketones is 1. The Morgan fingerprint density at radius 1 is 0.960 bits per heavy atom. The normalized spacial score (nSPS) is 11.1. The van der Waals surface area contributed by atoms with Crippen molar-refractivity contribution < 1.29 is 4.79 Å². The highest BCUT2D eigenvalue weighted by atomic mass is 16.1. The van der Waals surface area contributed by atoms with Crippen LogP contribution in [0.2, 0.25) is 0 Å². The quantitative estimate of drug-likeness (QED) is 0.248. The van der Waals surface area contributed by atoms with E-state index in [-0.39, 0.29) is 5.78 Å². The molecule has 0 spiro atoms. The third-order valence-electron chi connectivity index (χ3n) is 4.45. The SMILES string of the molecule is CCCCCCCCc1cc(C=CC(=O)c2ccccc2)ccc1N. The molecule has 2 heteroatoms. The Morgan fingerprint density at radius 2 is 1.68 bits per heavy atom. The van der Waals surface area contributed by atoms with Gasteiger partial charge in [0, 0.05) is 11.3 Å². The largest absolute Gasteiger partial charge is 0.399 e. The van der Waals surface area contributed by atoms with Crippen molar-refractivity contribution in [2.45, 2.75) is 51.9 Å². The Hall–Kier alpha value is -2.35. The number of hydrogen-bond acceptors (Lipinski definition) is 2. The molecule has 0 radical (unpaired) electrons. The maximum Gasteiger partial charge on any atom is 0.185 e. The minimum atomic E-state index is 0.0231. The molecule has 0 atom stereocenters. The number of carbonyl (C=O) groups excluding carboxylic acids is 1. The number of rotatable bonds is 10. The second kappa shape index (κ2) is 10.5. The van der Waals surface area contributed by atoms with Crippen LogP contribution in [0.15, 0.2) is 54.6 Å². The van der Waals surface area contributed by atoms with Gasteiger partial charge in [-0.1, -0.05) is 81.5 Å². The van der Waals surface area contributed by atoms with Crippen molar-refractivity contribution in [2.24, 2.45) is 0 Å². The predicted molar refractivity (Wildman–Crippen MR) is 108 cm³/mol. The minimum absolute atomic E-state index is 0.0231. The second-order valence-corrected chi connectivity index (χ2v) is 6.54. The number of aryl methyl sites for hydroxylation is 1. The fourth-order valence-corrected chi connectivity index (χ4v) is 2.91. The summed E-state index contributed by atoms with van der Waals surface area (Å²) in [5.41, 5.74) is 9.88. The number of nitrogen functional groups attached to an aromatic ring is 1. The van der Waals surface area contributed by atoms with Crippen LogP contribution >= 0.6 is 0 Å². The second-order valence-electron chi connectivity index (χ2n) is 6.54. The molecule has 2 nitrogen and oxygen atoms in total. The zero-order valence-corrected chi connectivity index (χ0v) is 15.2. The zero-order valence-electron chi connectivity index (χ0n) is 15.2. The number of anilines is 1. The van der Waals surface area contributed by atoms with Gasteiger partial charge >= 0.3 is 0 Å². The molecule has 0 fully saturated rings. The molecule has 2 aromatic rings. The van der Waals surface area contributed by atoms with Crippen LogP contribution in [0.25, 0.3) is 6.08 Å². The molecule has 0 aliphatic heterocycles. The van der Waals surface area contributed by atoms with Crippen LogP contribution < -0.4 is 5.73 Å². The number of unbranched alkanes of at least 4 members (excludes halogenated alkanes) is 5. The Morgan fingerprint density at radius 3 is 2.44 bits per heavy atom. The summed E-state index contributed by atoms with van der Waals surface area (Å²) in [5.74, 6) is 0.0231. The van der Waals surface area contributed by atoms with E-state index in [1.54, 1.807) is 6.08 Å². The average molecular weight is 335 g/mol. The number of allylic oxidation sites excluding steroid dienone is 1. The lowest BCUT2D eigenvalue weighted by molar-refractivity contribution is 0.104. The number of carbonyl (C=O) groups is 1. The molecule has 0 heterocycles. The van der Waals surface area contributed by atoms with Gasteiger partial charge in [-0.05, 0) is 42.2 Å². The van der Waals surface area contributed by atoms with Crippen molar-refractivity contribution in [2.75, 3.05) is 5.73 Å². The van der Waals surface area contributed by atoms with Gasteiger partial charge in [-0.25, -0.2) is 0 Å². The van der Waals surface area contributed by atoms with E-state index >= 15 is 0 Å². The van der Waals surface area contributed by atoms with Crippen LogP contribution in [0.1, 0.15) is 66.9 Å². The molecule has 0 unspecified atom stereocenters. The fourth-order valence-electron chi connectivity index (χ4n) is 2.91. The lowest BCUT2D eigenvalue weighted by Gasteiger charge is -2.07. The van der Waals surface area contributed by atoms with Crippen molar-refractivity contribution in [3.63, 3.8) is 0 Å². The summed E-state index contributed by atoms with van der Waals surface area (Å²) in [6.45, 7) is 2.24. The summed E-state index contributed by atoms with van der Waals surface area (Å²) in [4.78, 5) is 12.2. The molecular weight excluding hydrogens is 306 g/mol. The van der Waals surface area contributed by atoms with Crippen LogP contribution in [-0.2, 0) is 6.42 Å². The zero-order chi connectivity index (χ0) is 17.9. The van der Waals surface area contributed by atoms with Crippen LogP contribution in [0, 0.1) is 0 Å². The lowest BCUT2D eigenvalue weighted by Crippen LogP contribution is -1.96. The fraction of sp³-hybridized carbons (Fsp3) is 0.348. The molecule has 0 aromatic heterocycles. The van der Waals surface area contributed by atoms with Gasteiger partial charge in [-0.15, -0.1) is 0 Å². The highest BCUT2D eigenvalue weighted by Crippen LogP contribution is 2.19. The summed E-state index contributed by atoms with van der Waals surface area (Å²) < 4.78 is 0. The van der Waals surface area contributed by atoms with Crippen LogP contribution in [0.5, 0.6) is 0 Å². The molecule has 0 aliphatic carbocycles. The van der Waals surface area contributed by atoms with E-state index < -0.39 is 0 Å². The molecule has 0 amide bonds. The van der Waals surface area contributed by atoms with Gasteiger partial charge in [0.15, 0.2) is 5.78 Å². The van der Waals surface area contributed by atoms with Gasteiger partial charge in [0.25, 0.3) is 0 Å². The summed E-state index contributed by atoms with van der Waals surface area (Å²) in [7, 11) is 0. The molecule has 25 heavy (non-hydrogen) atoms. The Kier molecular flexibility index (Phi) is 7.97. The summed E-state index contributed by atoms with van der Waals surface area (Å²) in [5, 5.41) is 0. The third kappa shape index (κ3) is 6.58. The lowest BCUT2D eigenvalue weighted by atomic mass is 10.0. The highest BCUT2D eigenvalue weighted by molar-refractivity contribution is 6.06. The minimum Gasteiger partial charge on any atom is -0.399 e.